The molecule has 2 N–H and O–H groups in total. The van der Waals surface area contributed by atoms with Crippen LogP contribution in [0.5, 0.6) is 0 Å². The van der Waals surface area contributed by atoms with E-state index in [-0.39, 0.29) is 34.9 Å². The number of rotatable bonds is 17. The van der Waals surface area contributed by atoms with Gasteiger partial charge in [0.25, 0.3) is 0 Å². The molecule has 5 nitrogen and oxygen atoms in total. The van der Waals surface area contributed by atoms with E-state index in [9.17, 15) is 14.7 Å². The second-order valence-corrected chi connectivity index (χ2v) is 13.0. The summed E-state index contributed by atoms with van der Waals surface area (Å²) in [6.45, 7) is 7.95. The number of hydrogen-bond acceptors (Lipinski definition) is 4. The molecule has 1 amide bonds. The maximum absolute atomic E-state index is 12.6. The van der Waals surface area contributed by atoms with Crippen molar-refractivity contribution in [3.63, 3.8) is 0 Å². The van der Waals surface area contributed by atoms with Crippen LogP contribution >= 0.6 is 0 Å². The average Bonchev–Trinajstić information content (AvgIpc) is 3.28. The van der Waals surface area contributed by atoms with Crippen molar-refractivity contribution in [1.29, 1.82) is 0 Å². The van der Waals surface area contributed by atoms with Gasteiger partial charge in [0.1, 0.15) is 5.78 Å². The molecule has 3 rings (SSSR count). The quantitative estimate of drug-likeness (QED) is 0.155. The van der Waals surface area contributed by atoms with Crippen LogP contribution in [0.2, 0.25) is 0 Å². The first kappa shape index (κ1) is 32.5. The van der Waals surface area contributed by atoms with Crippen molar-refractivity contribution >= 4 is 11.7 Å². The van der Waals surface area contributed by atoms with Crippen LogP contribution in [0.1, 0.15) is 123 Å². The number of ketones is 1. The van der Waals surface area contributed by atoms with Crippen molar-refractivity contribution in [3.8, 4) is 0 Å². The molecule has 1 aromatic carbocycles. The topological polar surface area (TPSA) is 75.6 Å². The van der Waals surface area contributed by atoms with E-state index >= 15 is 0 Å². The van der Waals surface area contributed by atoms with Gasteiger partial charge in [-0.15, -0.1) is 0 Å². The molecule has 2 aliphatic rings. The van der Waals surface area contributed by atoms with Crippen LogP contribution in [-0.4, -0.2) is 41.7 Å². The van der Waals surface area contributed by atoms with E-state index in [4.69, 9.17) is 4.74 Å². The minimum Gasteiger partial charge on any atom is -0.389 e. The number of benzene rings is 1. The molecule has 0 aromatic heterocycles. The number of unbranched alkanes of at least 4 members (excludes halogenated alkanes) is 5. The summed E-state index contributed by atoms with van der Waals surface area (Å²) in [6.07, 6.45) is 17.8. The molecule has 0 unspecified atom stereocenters. The van der Waals surface area contributed by atoms with Crippen LogP contribution in [-0.2, 0) is 19.7 Å². The highest BCUT2D eigenvalue weighted by molar-refractivity contribution is 5.83. The first-order chi connectivity index (χ1) is 19.2. The van der Waals surface area contributed by atoms with Gasteiger partial charge in [0.05, 0.1) is 11.7 Å². The number of aliphatic hydroxyl groups excluding tert-OH is 1. The van der Waals surface area contributed by atoms with E-state index in [0.29, 0.717) is 25.2 Å². The minimum atomic E-state index is -0.388. The zero-order valence-corrected chi connectivity index (χ0v) is 25.5. The molecule has 224 valence electrons. The molecule has 2 fully saturated rings. The van der Waals surface area contributed by atoms with Gasteiger partial charge in [0.2, 0.25) is 5.91 Å². The van der Waals surface area contributed by atoms with E-state index < -0.39 is 0 Å². The van der Waals surface area contributed by atoms with Gasteiger partial charge in [0.15, 0.2) is 0 Å². The number of carbonyl (C=O) groups excluding carboxylic acids is 2. The van der Waals surface area contributed by atoms with Gasteiger partial charge in [0, 0.05) is 37.3 Å². The third-order valence-corrected chi connectivity index (χ3v) is 9.16. The number of allylic oxidation sites excluding steroid dienone is 1. The van der Waals surface area contributed by atoms with Crippen LogP contribution in [0, 0.1) is 11.8 Å². The number of carbonyl (C=O) groups is 2. The third-order valence-electron chi connectivity index (χ3n) is 9.16. The highest BCUT2D eigenvalue weighted by Gasteiger charge is 2.41. The second-order valence-electron chi connectivity index (χ2n) is 13.0. The summed E-state index contributed by atoms with van der Waals surface area (Å²) < 4.78 is 6.02. The molecule has 1 aliphatic heterocycles. The normalized spacial score (nSPS) is 25.4. The van der Waals surface area contributed by atoms with E-state index in [1.807, 2.05) is 6.08 Å². The van der Waals surface area contributed by atoms with Crippen LogP contribution in [0.15, 0.2) is 42.5 Å². The van der Waals surface area contributed by atoms with Crippen LogP contribution in [0.25, 0.3) is 0 Å². The molecule has 0 bridgehead atoms. The lowest BCUT2D eigenvalue weighted by Gasteiger charge is -2.45. The van der Waals surface area contributed by atoms with Crippen molar-refractivity contribution in [3.05, 3.63) is 48.0 Å². The molecule has 1 saturated heterocycles. The summed E-state index contributed by atoms with van der Waals surface area (Å²) >= 11 is 0. The van der Waals surface area contributed by atoms with E-state index in [1.165, 1.54) is 5.56 Å². The lowest BCUT2D eigenvalue weighted by atomic mass is 9.67. The summed E-state index contributed by atoms with van der Waals surface area (Å²) in [7, 11) is 0. The lowest BCUT2D eigenvalue weighted by molar-refractivity contribution is -0.122. The van der Waals surface area contributed by atoms with Gasteiger partial charge >= 0.3 is 0 Å². The van der Waals surface area contributed by atoms with Crippen molar-refractivity contribution in [2.45, 2.75) is 134 Å². The van der Waals surface area contributed by atoms with Crippen LogP contribution < -0.4 is 5.32 Å². The average molecular weight is 554 g/mol. The van der Waals surface area contributed by atoms with Crippen LogP contribution in [0.4, 0.5) is 0 Å². The number of Topliss-reactive ketones (excluding diaryl/α,β-unsaturated/α-hetero) is 1. The number of nitrogens with one attached hydrogen (secondary N) is 1. The fourth-order valence-corrected chi connectivity index (χ4v) is 6.92. The van der Waals surface area contributed by atoms with E-state index in [0.717, 1.165) is 90.1 Å². The summed E-state index contributed by atoms with van der Waals surface area (Å²) in [6, 6.07) is 10.7. The summed E-state index contributed by atoms with van der Waals surface area (Å²) in [5, 5.41) is 13.4. The van der Waals surface area contributed by atoms with E-state index in [1.54, 1.807) is 0 Å². The van der Waals surface area contributed by atoms with Gasteiger partial charge in [-0.1, -0.05) is 87.9 Å². The molecule has 1 aromatic rings. The zero-order chi connectivity index (χ0) is 28.8. The monoisotopic (exact) mass is 553 g/mol. The fourth-order valence-electron chi connectivity index (χ4n) is 6.92. The molecule has 40 heavy (non-hydrogen) atoms. The van der Waals surface area contributed by atoms with Gasteiger partial charge in [-0.2, -0.15) is 0 Å². The standard InChI is InChI=1S/C35H55NO4/c1-4-5-9-16-30(37)21-19-28-20-22-32(38)31(28)17-12-6-7-13-18-33(39)36-25-23-35(29-14-10-8-11-15-29)24-26-40-34(2,3)27-35/h8,10-11,14-15,19,21,28,30-31,37H,4-7,9,12-13,16-18,20,22-27H2,1-3H3,(H,36,39)/t28-,30+,31-,35+/m1/s1. The van der Waals surface area contributed by atoms with Crippen molar-refractivity contribution in [2.24, 2.45) is 11.8 Å². The fraction of sp³-hybridized carbons (Fsp3) is 0.714. The highest BCUT2D eigenvalue weighted by atomic mass is 16.5. The Kier molecular flexibility index (Phi) is 13.4. The number of ether oxygens (including phenoxy) is 1. The molecule has 0 radical (unpaired) electrons. The number of aliphatic hydroxyl groups is 1. The molecule has 1 saturated carbocycles. The Hall–Kier alpha value is -1.98. The van der Waals surface area contributed by atoms with Gasteiger partial charge in [-0.05, 0) is 70.3 Å². The Morgan fingerprint density at radius 2 is 1.90 bits per heavy atom. The summed E-state index contributed by atoms with van der Waals surface area (Å²) in [4.78, 5) is 25.0. The Balaban J connectivity index is 1.32. The lowest BCUT2D eigenvalue weighted by Crippen LogP contribution is -2.45. The Morgan fingerprint density at radius 1 is 1.12 bits per heavy atom. The molecular weight excluding hydrogens is 498 g/mol. The van der Waals surface area contributed by atoms with Gasteiger partial charge in [-0.25, -0.2) is 0 Å². The molecular formula is C35H55NO4. The van der Waals surface area contributed by atoms with Crippen molar-refractivity contribution in [2.75, 3.05) is 13.2 Å². The Labute approximate surface area is 243 Å². The smallest absolute Gasteiger partial charge is 0.219 e. The summed E-state index contributed by atoms with van der Waals surface area (Å²) in [5.74, 6) is 0.910. The van der Waals surface area contributed by atoms with E-state index in [2.05, 4.69) is 62.5 Å². The van der Waals surface area contributed by atoms with Crippen LogP contribution in [0.3, 0.4) is 0 Å². The molecule has 1 heterocycles. The molecule has 1 aliphatic carbocycles. The molecule has 4 atom stereocenters. The zero-order valence-electron chi connectivity index (χ0n) is 25.5. The molecule has 0 spiro atoms. The first-order valence-corrected chi connectivity index (χ1v) is 16.1. The second kappa shape index (κ2) is 16.5. The largest absolute Gasteiger partial charge is 0.389 e. The minimum absolute atomic E-state index is 0.0359. The number of amides is 1. The maximum Gasteiger partial charge on any atom is 0.219 e. The van der Waals surface area contributed by atoms with Crippen molar-refractivity contribution in [1.82, 2.24) is 5.32 Å². The van der Waals surface area contributed by atoms with Crippen molar-refractivity contribution < 1.29 is 19.4 Å². The SMILES string of the molecule is CCCCC[C@H](O)C=C[C@@H]1CCC(=O)[C@@H]1CCCCCCC(=O)NCC[C@]1(c2ccccc2)CCOC(C)(C)C1. The predicted molar refractivity (Wildman–Crippen MR) is 163 cm³/mol. The first-order valence-electron chi connectivity index (χ1n) is 16.1. The Bertz CT molecular complexity index is 927. The number of hydrogen-bond donors (Lipinski definition) is 2. The maximum atomic E-state index is 12.6. The molecule has 5 heteroatoms. The third kappa shape index (κ3) is 10.4. The highest BCUT2D eigenvalue weighted by Crippen LogP contribution is 2.43. The van der Waals surface area contributed by atoms with Gasteiger partial charge < -0.3 is 15.2 Å². The Morgan fingerprint density at radius 3 is 2.65 bits per heavy atom. The van der Waals surface area contributed by atoms with Gasteiger partial charge in [-0.3, -0.25) is 9.59 Å². The predicted octanol–water partition coefficient (Wildman–Crippen LogP) is 7.45. The summed E-state index contributed by atoms with van der Waals surface area (Å²) in [5.41, 5.74) is 1.23.